The fourth-order valence-corrected chi connectivity index (χ4v) is 3.66. The van der Waals surface area contributed by atoms with Crippen LogP contribution in [-0.2, 0) is 6.54 Å². The number of aromatic amines is 1. The second-order valence-corrected chi connectivity index (χ2v) is 6.90. The summed E-state index contributed by atoms with van der Waals surface area (Å²) in [4.78, 5) is 17.8. The molecule has 0 radical (unpaired) electrons. The number of H-pyrrole nitrogens is 1. The first kappa shape index (κ1) is 15.6. The molecule has 4 heteroatoms. The largest absolute Gasteiger partial charge is 0.358 e. The molecule has 1 aromatic heterocycles. The summed E-state index contributed by atoms with van der Waals surface area (Å²) >= 11 is 6.18. The Labute approximate surface area is 136 Å². The van der Waals surface area contributed by atoms with Gasteiger partial charge in [-0.15, -0.1) is 0 Å². The third-order valence-electron chi connectivity index (χ3n) is 4.92. The predicted molar refractivity (Wildman–Crippen MR) is 91.9 cm³/mol. The predicted octanol–water partition coefficient (Wildman–Crippen LogP) is 2.76. The Morgan fingerprint density at radius 2 is 1.82 bits per heavy atom. The van der Waals surface area contributed by atoms with Crippen LogP contribution in [0.3, 0.4) is 0 Å². The van der Waals surface area contributed by atoms with Crippen molar-refractivity contribution in [2.45, 2.75) is 46.1 Å². The molecule has 2 aromatic rings. The van der Waals surface area contributed by atoms with Gasteiger partial charge in [0.15, 0.2) is 5.43 Å². The molecule has 1 aromatic carbocycles. The smallest absolute Gasteiger partial charge is 0.198 e. The topological polar surface area (TPSA) is 37.3 Å². The molecular formula is C18H24ClN2O+. The number of pyridine rings is 1. The number of nitrogens with one attached hydrogen (secondary N) is 2. The summed E-state index contributed by atoms with van der Waals surface area (Å²) in [5, 5.41) is 1.46. The van der Waals surface area contributed by atoms with E-state index in [9.17, 15) is 4.79 Å². The van der Waals surface area contributed by atoms with E-state index >= 15 is 0 Å². The molecule has 2 heterocycles. The van der Waals surface area contributed by atoms with Crippen molar-refractivity contribution in [1.82, 2.24) is 4.98 Å². The van der Waals surface area contributed by atoms with Gasteiger partial charge in [0.2, 0.25) is 0 Å². The monoisotopic (exact) mass is 319 g/mol. The minimum absolute atomic E-state index is 0.169. The molecule has 0 aliphatic carbocycles. The van der Waals surface area contributed by atoms with E-state index in [2.05, 4.69) is 4.98 Å². The van der Waals surface area contributed by atoms with Crippen LogP contribution in [-0.4, -0.2) is 18.1 Å². The van der Waals surface area contributed by atoms with Gasteiger partial charge in [0.25, 0.3) is 0 Å². The SMILES string of the molecule is Cc1[nH]c2c(C)c(Cl)ccc2c(=O)c1C[NH+]1CCCCCC1. The molecule has 3 rings (SSSR count). The molecule has 0 unspecified atom stereocenters. The summed E-state index contributed by atoms with van der Waals surface area (Å²) in [6.07, 6.45) is 5.20. The third-order valence-corrected chi connectivity index (χ3v) is 5.33. The number of benzene rings is 1. The van der Waals surface area contributed by atoms with Gasteiger partial charge < -0.3 is 9.88 Å². The molecule has 1 saturated heterocycles. The van der Waals surface area contributed by atoms with Crippen LogP contribution in [0.25, 0.3) is 10.9 Å². The van der Waals surface area contributed by atoms with Crippen molar-refractivity contribution in [2.24, 2.45) is 0 Å². The summed E-state index contributed by atoms with van der Waals surface area (Å²) in [7, 11) is 0. The Hall–Kier alpha value is -1.32. The Morgan fingerprint density at radius 3 is 2.50 bits per heavy atom. The van der Waals surface area contributed by atoms with Gasteiger partial charge in [-0.3, -0.25) is 4.79 Å². The van der Waals surface area contributed by atoms with E-state index in [1.54, 1.807) is 0 Å². The quantitative estimate of drug-likeness (QED) is 0.877. The van der Waals surface area contributed by atoms with Gasteiger partial charge in [-0.25, -0.2) is 0 Å². The number of likely N-dealkylation sites (tertiary alicyclic amines) is 1. The zero-order chi connectivity index (χ0) is 15.7. The second kappa shape index (κ2) is 6.43. The number of halogens is 1. The molecule has 3 nitrogen and oxygen atoms in total. The fraction of sp³-hybridized carbons (Fsp3) is 0.500. The summed E-state index contributed by atoms with van der Waals surface area (Å²) in [5.74, 6) is 0. The Morgan fingerprint density at radius 1 is 1.14 bits per heavy atom. The minimum atomic E-state index is 0.169. The second-order valence-electron chi connectivity index (χ2n) is 6.49. The van der Waals surface area contributed by atoms with Gasteiger partial charge >= 0.3 is 0 Å². The van der Waals surface area contributed by atoms with Gasteiger partial charge in [-0.1, -0.05) is 11.6 Å². The maximum Gasteiger partial charge on any atom is 0.198 e. The normalized spacial score (nSPS) is 16.9. The number of aryl methyl sites for hydroxylation is 2. The van der Waals surface area contributed by atoms with Crippen molar-refractivity contribution in [3.8, 4) is 0 Å². The van der Waals surface area contributed by atoms with Gasteiger partial charge in [-0.05, 0) is 57.2 Å². The molecule has 2 N–H and O–H groups in total. The first-order chi connectivity index (χ1) is 10.6. The van der Waals surface area contributed by atoms with E-state index in [4.69, 9.17) is 11.6 Å². The van der Waals surface area contributed by atoms with Gasteiger partial charge in [0.1, 0.15) is 6.54 Å². The van der Waals surface area contributed by atoms with Crippen LogP contribution in [0.5, 0.6) is 0 Å². The maximum atomic E-state index is 12.9. The molecule has 0 spiro atoms. The lowest BCUT2D eigenvalue weighted by molar-refractivity contribution is -0.913. The van der Waals surface area contributed by atoms with E-state index in [1.165, 1.54) is 43.7 Å². The fourth-order valence-electron chi connectivity index (χ4n) is 3.50. The summed E-state index contributed by atoms with van der Waals surface area (Å²) in [6, 6.07) is 3.68. The molecule has 1 fully saturated rings. The first-order valence-corrected chi connectivity index (χ1v) is 8.60. The molecule has 1 aliphatic heterocycles. The van der Waals surface area contributed by atoms with Crippen LogP contribution in [0.2, 0.25) is 5.02 Å². The third kappa shape index (κ3) is 2.92. The Kier molecular flexibility index (Phi) is 4.55. The lowest BCUT2D eigenvalue weighted by Gasteiger charge is -2.18. The average molecular weight is 320 g/mol. The lowest BCUT2D eigenvalue weighted by atomic mass is 10.1. The van der Waals surface area contributed by atoms with Crippen LogP contribution >= 0.6 is 11.6 Å². The highest BCUT2D eigenvalue weighted by atomic mass is 35.5. The van der Waals surface area contributed by atoms with Crippen molar-refractivity contribution >= 4 is 22.5 Å². The van der Waals surface area contributed by atoms with E-state index in [0.29, 0.717) is 5.02 Å². The zero-order valence-electron chi connectivity index (χ0n) is 13.4. The number of hydrogen-bond acceptors (Lipinski definition) is 1. The molecule has 1 aliphatic rings. The highest BCUT2D eigenvalue weighted by Gasteiger charge is 2.18. The number of fused-ring (bicyclic) bond motifs is 1. The van der Waals surface area contributed by atoms with Crippen molar-refractivity contribution in [1.29, 1.82) is 0 Å². The first-order valence-electron chi connectivity index (χ1n) is 8.22. The highest BCUT2D eigenvalue weighted by Crippen LogP contribution is 2.22. The van der Waals surface area contributed by atoms with Crippen LogP contribution in [0.15, 0.2) is 16.9 Å². The average Bonchev–Trinajstić information content (AvgIpc) is 2.76. The van der Waals surface area contributed by atoms with Gasteiger partial charge in [0, 0.05) is 16.1 Å². The molecule has 0 amide bonds. The van der Waals surface area contributed by atoms with Crippen LogP contribution < -0.4 is 10.3 Å². The zero-order valence-corrected chi connectivity index (χ0v) is 14.1. The van der Waals surface area contributed by atoms with E-state index in [1.807, 2.05) is 26.0 Å². The van der Waals surface area contributed by atoms with Gasteiger partial charge in [-0.2, -0.15) is 0 Å². The van der Waals surface area contributed by atoms with E-state index < -0.39 is 0 Å². The molecular weight excluding hydrogens is 296 g/mol. The van der Waals surface area contributed by atoms with Crippen molar-refractivity contribution in [3.63, 3.8) is 0 Å². The highest BCUT2D eigenvalue weighted by molar-refractivity contribution is 6.32. The van der Waals surface area contributed by atoms with Crippen molar-refractivity contribution in [2.75, 3.05) is 13.1 Å². The number of aromatic nitrogens is 1. The van der Waals surface area contributed by atoms with E-state index in [-0.39, 0.29) is 5.43 Å². The molecule has 0 saturated carbocycles. The van der Waals surface area contributed by atoms with E-state index in [0.717, 1.165) is 34.3 Å². The molecule has 118 valence electrons. The van der Waals surface area contributed by atoms with Crippen LogP contribution in [0.4, 0.5) is 0 Å². The lowest BCUT2D eigenvalue weighted by Crippen LogP contribution is -3.10. The number of hydrogen-bond donors (Lipinski definition) is 2. The molecule has 22 heavy (non-hydrogen) atoms. The maximum absolute atomic E-state index is 12.9. The standard InChI is InChI=1S/C18H23ClN2O/c1-12-16(19)8-7-14-17(12)20-13(2)15(18(14)22)11-21-9-5-3-4-6-10-21/h7-8H,3-6,9-11H2,1-2H3,(H,20,22)/p+1. The molecule has 0 bridgehead atoms. The van der Waals surface area contributed by atoms with Crippen LogP contribution in [0, 0.1) is 13.8 Å². The molecule has 0 atom stereocenters. The summed E-state index contributed by atoms with van der Waals surface area (Å²) in [5.41, 5.74) is 3.92. The summed E-state index contributed by atoms with van der Waals surface area (Å²) in [6.45, 7) is 7.15. The summed E-state index contributed by atoms with van der Waals surface area (Å²) < 4.78 is 0. The Bertz CT molecular complexity index is 743. The number of rotatable bonds is 2. The van der Waals surface area contributed by atoms with Crippen molar-refractivity contribution < 1.29 is 4.90 Å². The Balaban J connectivity index is 2.03. The number of quaternary nitrogens is 1. The van der Waals surface area contributed by atoms with Gasteiger partial charge in [0.05, 0.1) is 24.2 Å². The van der Waals surface area contributed by atoms with Crippen molar-refractivity contribution in [3.05, 3.63) is 44.2 Å². The van der Waals surface area contributed by atoms with Crippen LogP contribution in [0.1, 0.15) is 42.5 Å². The minimum Gasteiger partial charge on any atom is -0.358 e.